The molecule has 10 heteroatoms. The highest BCUT2D eigenvalue weighted by molar-refractivity contribution is 7.07. The number of aromatic nitrogens is 1. The Morgan fingerprint density at radius 3 is 2.85 bits per heavy atom. The highest BCUT2D eigenvalue weighted by Crippen LogP contribution is 2.33. The molecule has 0 spiro atoms. The normalized spacial score (nSPS) is 14.1. The Morgan fingerprint density at radius 2 is 2.06 bits per heavy atom. The molecular weight excluding hydrogens is 450 g/mol. The third-order valence-electron chi connectivity index (χ3n) is 4.85. The highest BCUT2D eigenvalue weighted by Gasteiger charge is 2.18. The number of halogens is 2. The summed E-state index contributed by atoms with van der Waals surface area (Å²) in [5.41, 5.74) is 2.46. The van der Waals surface area contributed by atoms with Gasteiger partial charge in [-0.15, -0.1) is 11.3 Å². The standard InChI is InChI=1S/C23H16F2N4O3S/c1-13(20-3-2-8-31-20)28-29-19(14-4-7-21-18(9-14)26-22(30)11-32-21)12-33-23(29)27-17-6-5-15(24)10-16(17)25/h2-10,12H,11H2,1H3,(H,26,30). The lowest BCUT2D eigenvalue weighted by Crippen LogP contribution is -2.25. The Hall–Kier alpha value is -4.05. The second kappa shape index (κ2) is 8.47. The van der Waals surface area contributed by atoms with Crippen LogP contribution in [0, 0.1) is 11.6 Å². The number of carbonyl (C=O) groups is 1. The van der Waals surface area contributed by atoms with Crippen LogP contribution < -0.4 is 14.9 Å². The van der Waals surface area contributed by atoms with E-state index >= 15 is 0 Å². The SMILES string of the molecule is CC(=Nn1c(-c2ccc3c(c2)NC(=O)CO3)csc1=Nc1ccc(F)cc1F)c1ccco1. The van der Waals surface area contributed by atoms with Gasteiger partial charge in [-0.1, -0.05) is 0 Å². The molecule has 3 heterocycles. The number of rotatable bonds is 4. The van der Waals surface area contributed by atoms with Crippen LogP contribution in [0.4, 0.5) is 20.2 Å². The minimum Gasteiger partial charge on any atom is -0.482 e. The molecule has 0 saturated carbocycles. The van der Waals surface area contributed by atoms with Gasteiger partial charge in [0.05, 0.1) is 17.6 Å². The van der Waals surface area contributed by atoms with E-state index in [1.807, 2.05) is 11.4 Å². The lowest BCUT2D eigenvalue weighted by molar-refractivity contribution is -0.118. The fraction of sp³-hybridized carbons (Fsp3) is 0.0870. The van der Waals surface area contributed by atoms with E-state index in [0.29, 0.717) is 33.4 Å². The van der Waals surface area contributed by atoms with Crippen molar-refractivity contribution < 1.29 is 22.7 Å². The average Bonchev–Trinajstić information content (AvgIpc) is 3.46. The van der Waals surface area contributed by atoms with Crippen LogP contribution in [0.3, 0.4) is 0 Å². The summed E-state index contributed by atoms with van der Waals surface area (Å²) in [6, 6.07) is 12.1. The Bertz CT molecular complexity index is 1450. The van der Waals surface area contributed by atoms with Gasteiger partial charge in [0.1, 0.15) is 28.7 Å². The molecule has 5 rings (SSSR count). The maximum absolute atomic E-state index is 14.3. The summed E-state index contributed by atoms with van der Waals surface area (Å²) >= 11 is 1.24. The first-order valence-electron chi connectivity index (χ1n) is 9.85. The first-order chi connectivity index (χ1) is 16.0. The summed E-state index contributed by atoms with van der Waals surface area (Å²) in [6.07, 6.45) is 1.54. The molecule has 33 heavy (non-hydrogen) atoms. The largest absolute Gasteiger partial charge is 0.482 e. The van der Waals surface area contributed by atoms with Crippen LogP contribution in [0.1, 0.15) is 12.7 Å². The fourth-order valence-electron chi connectivity index (χ4n) is 3.27. The Kier molecular flexibility index (Phi) is 5.35. The van der Waals surface area contributed by atoms with E-state index in [-0.39, 0.29) is 18.2 Å². The predicted molar refractivity (Wildman–Crippen MR) is 120 cm³/mol. The number of nitrogens with one attached hydrogen (secondary N) is 1. The third-order valence-corrected chi connectivity index (χ3v) is 5.66. The number of thiazole rings is 1. The van der Waals surface area contributed by atoms with Gasteiger partial charge in [-0.2, -0.15) is 5.10 Å². The van der Waals surface area contributed by atoms with Crippen LogP contribution in [0.15, 0.2) is 74.7 Å². The number of carbonyl (C=O) groups excluding carboxylic acids is 1. The summed E-state index contributed by atoms with van der Waals surface area (Å²) in [6.45, 7) is 1.74. The van der Waals surface area contributed by atoms with E-state index in [0.717, 1.165) is 17.7 Å². The minimum absolute atomic E-state index is 0.0181. The molecule has 4 aromatic rings. The molecule has 1 amide bonds. The lowest BCUT2D eigenvalue weighted by atomic mass is 10.1. The molecule has 2 aromatic carbocycles. The van der Waals surface area contributed by atoms with E-state index < -0.39 is 11.6 Å². The second-order valence-corrected chi connectivity index (χ2v) is 7.97. The number of anilines is 1. The maximum atomic E-state index is 14.3. The van der Waals surface area contributed by atoms with Crippen molar-refractivity contribution in [1.82, 2.24) is 4.68 Å². The summed E-state index contributed by atoms with van der Waals surface area (Å²) in [5.74, 6) is -0.585. The fourth-order valence-corrected chi connectivity index (χ4v) is 4.12. The molecule has 1 aliphatic heterocycles. The molecule has 0 saturated heterocycles. The molecule has 1 aliphatic rings. The molecule has 0 atom stereocenters. The molecule has 0 unspecified atom stereocenters. The number of fused-ring (bicyclic) bond motifs is 1. The zero-order chi connectivity index (χ0) is 22.9. The first kappa shape index (κ1) is 20.8. The number of nitrogens with zero attached hydrogens (tertiary/aromatic N) is 3. The van der Waals surface area contributed by atoms with E-state index in [9.17, 15) is 13.6 Å². The van der Waals surface area contributed by atoms with Crippen LogP contribution in [0.2, 0.25) is 0 Å². The minimum atomic E-state index is -0.781. The van der Waals surface area contributed by atoms with E-state index in [1.54, 1.807) is 42.1 Å². The smallest absolute Gasteiger partial charge is 0.262 e. The summed E-state index contributed by atoms with van der Waals surface area (Å²) in [5, 5.41) is 9.24. The summed E-state index contributed by atoms with van der Waals surface area (Å²) < 4.78 is 40.0. The van der Waals surface area contributed by atoms with Gasteiger partial charge in [-0.05, 0) is 49.4 Å². The predicted octanol–water partition coefficient (Wildman–Crippen LogP) is 4.92. The van der Waals surface area contributed by atoms with Crippen molar-refractivity contribution in [1.29, 1.82) is 0 Å². The molecular formula is C23H16F2N4O3S. The van der Waals surface area contributed by atoms with Gasteiger partial charge in [0.2, 0.25) is 4.80 Å². The zero-order valence-corrected chi connectivity index (χ0v) is 18.0. The monoisotopic (exact) mass is 466 g/mol. The van der Waals surface area contributed by atoms with Crippen molar-refractivity contribution in [2.75, 3.05) is 11.9 Å². The summed E-state index contributed by atoms with van der Waals surface area (Å²) in [7, 11) is 0. The van der Waals surface area contributed by atoms with Crippen molar-refractivity contribution in [3.05, 3.63) is 82.4 Å². The van der Waals surface area contributed by atoms with E-state index in [1.165, 1.54) is 17.4 Å². The van der Waals surface area contributed by atoms with Crippen molar-refractivity contribution in [2.24, 2.45) is 10.1 Å². The molecule has 166 valence electrons. The Balaban J connectivity index is 1.68. The van der Waals surface area contributed by atoms with Gasteiger partial charge in [-0.3, -0.25) is 4.79 Å². The van der Waals surface area contributed by atoms with Gasteiger partial charge >= 0.3 is 0 Å². The number of ether oxygens (including phenoxy) is 1. The first-order valence-corrected chi connectivity index (χ1v) is 10.7. The van der Waals surface area contributed by atoms with Gasteiger partial charge in [-0.25, -0.2) is 18.4 Å². The number of furan rings is 1. The molecule has 0 fully saturated rings. The van der Waals surface area contributed by atoms with E-state index in [2.05, 4.69) is 15.4 Å². The second-order valence-electron chi connectivity index (χ2n) is 7.13. The molecule has 0 aliphatic carbocycles. The average molecular weight is 466 g/mol. The van der Waals surface area contributed by atoms with Crippen molar-refractivity contribution in [3.8, 4) is 17.0 Å². The quantitative estimate of drug-likeness (QED) is 0.434. The maximum Gasteiger partial charge on any atom is 0.262 e. The van der Waals surface area contributed by atoms with Crippen LogP contribution in [-0.4, -0.2) is 22.9 Å². The molecule has 0 radical (unpaired) electrons. The van der Waals surface area contributed by atoms with Crippen LogP contribution in [-0.2, 0) is 4.79 Å². The molecule has 1 N–H and O–H groups in total. The van der Waals surface area contributed by atoms with Crippen LogP contribution >= 0.6 is 11.3 Å². The van der Waals surface area contributed by atoms with Gasteiger partial charge < -0.3 is 14.5 Å². The summed E-state index contributed by atoms with van der Waals surface area (Å²) in [4.78, 5) is 16.5. The van der Waals surface area contributed by atoms with Crippen molar-refractivity contribution in [3.63, 3.8) is 0 Å². The Morgan fingerprint density at radius 1 is 1.18 bits per heavy atom. The molecule has 2 aromatic heterocycles. The Labute approximate surface area is 190 Å². The zero-order valence-electron chi connectivity index (χ0n) is 17.2. The van der Waals surface area contributed by atoms with Gasteiger partial charge in [0, 0.05) is 17.0 Å². The third kappa shape index (κ3) is 4.20. The van der Waals surface area contributed by atoms with Crippen molar-refractivity contribution >= 4 is 34.3 Å². The van der Waals surface area contributed by atoms with E-state index in [4.69, 9.17) is 9.15 Å². The molecule has 0 bridgehead atoms. The van der Waals surface area contributed by atoms with Crippen molar-refractivity contribution in [2.45, 2.75) is 6.92 Å². The molecule has 7 nitrogen and oxygen atoms in total. The topological polar surface area (TPSA) is 81.1 Å². The highest BCUT2D eigenvalue weighted by atomic mass is 32.1. The van der Waals surface area contributed by atoms with Gasteiger partial charge in [0.25, 0.3) is 5.91 Å². The number of hydrogen-bond acceptors (Lipinski definition) is 6. The number of benzene rings is 2. The van der Waals surface area contributed by atoms with Crippen LogP contribution in [0.5, 0.6) is 5.75 Å². The number of hydrogen-bond donors (Lipinski definition) is 1. The van der Waals surface area contributed by atoms with Gasteiger partial charge in [0.15, 0.2) is 12.4 Å². The van der Waals surface area contributed by atoms with Crippen LogP contribution in [0.25, 0.3) is 11.3 Å². The number of amides is 1. The lowest BCUT2D eigenvalue weighted by Gasteiger charge is -2.18.